The molecule has 1 saturated carbocycles. The summed E-state index contributed by atoms with van der Waals surface area (Å²) in [5.41, 5.74) is 2.82. The van der Waals surface area contributed by atoms with E-state index >= 15 is 0 Å². The molecule has 1 atom stereocenters. The van der Waals surface area contributed by atoms with E-state index in [-0.39, 0.29) is 25.9 Å². The molecule has 1 aliphatic carbocycles. The topological polar surface area (TPSA) is 22.1 Å². The molecule has 0 N–H and O–H groups in total. The highest BCUT2D eigenvalue weighted by Gasteiger charge is 2.16. The van der Waals surface area contributed by atoms with Gasteiger partial charge >= 0.3 is 0 Å². The maximum absolute atomic E-state index is 14.4. The van der Waals surface area contributed by atoms with Crippen LogP contribution < -0.4 is 4.74 Å². The summed E-state index contributed by atoms with van der Waals surface area (Å²) in [7, 11) is 0. The van der Waals surface area contributed by atoms with Crippen molar-refractivity contribution in [2.45, 2.75) is 96.1 Å². The van der Waals surface area contributed by atoms with Crippen LogP contribution in [0.15, 0.2) is 36.4 Å². The number of alkyl halides is 1. The van der Waals surface area contributed by atoms with Crippen LogP contribution in [0.3, 0.4) is 0 Å². The monoisotopic (exact) mass is 463 g/mol. The fourth-order valence-corrected chi connectivity index (χ4v) is 4.46. The number of pyridine rings is 1. The summed E-state index contributed by atoms with van der Waals surface area (Å²) in [5.74, 6) is -0.0120. The van der Waals surface area contributed by atoms with Crippen LogP contribution in [0, 0.1) is 5.95 Å². The van der Waals surface area contributed by atoms with Crippen molar-refractivity contribution in [1.29, 1.82) is 0 Å². The van der Waals surface area contributed by atoms with Crippen molar-refractivity contribution in [3.05, 3.63) is 47.9 Å². The van der Waals surface area contributed by atoms with Gasteiger partial charge in [-0.25, -0.2) is 9.37 Å². The molecule has 0 bridgehead atoms. The summed E-state index contributed by atoms with van der Waals surface area (Å²) in [5, 5.41) is 0. The second kappa shape index (κ2) is 14.5. The summed E-state index contributed by atoms with van der Waals surface area (Å²) in [6.45, 7) is 2.06. The molecule has 0 aliphatic heterocycles. The summed E-state index contributed by atoms with van der Waals surface area (Å²) in [6.07, 6.45) is 12.6. The second-order valence-electron chi connectivity index (χ2n) is 8.91. The lowest BCUT2D eigenvalue weighted by Gasteiger charge is -2.22. The van der Waals surface area contributed by atoms with Crippen molar-refractivity contribution in [2.24, 2.45) is 0 Å². The van der Waals surface area contributed by atoms with E-state index in [2.05, 4.69) is 24.0 Å². The van der Waals surface area contributed by atoms with E-state index < -0.39 is 12.1 Å². The maximum Gasteiger partial charge on any atom is 0.255 e. The van der Waals surface area contributed by atoms with Gasteiger partial charge in [0.15, 0.2) is 5.75 Å². The zero-order valence-corrected chi connectivity index (χ0v) is 20.4. The number of ether oxygens (including phenoxy) is 1. The molecule has 32 heavy (non-hydrogen) atoms. The van der Waals surface area contributed by atoms with Crippen LogP contribution in [-0.2, 0) is 0 Å². The van der Waals surface area contributed by atoms with E-state index in [1.54, 1.807) is 12.1 Å². The maximum atomic E-state index is 14.4. The molecule has 3 rings (SSSR count). The first kappa shape index (κ1) is 26.6. The van der Waals surface area contributed by atoms with Gasteiger partial charge in [-0.2, -0.15) is 17.9 Å². The summed E-state index contributed by atoms with van der Waals surface area (Å²) in [6, 6.07) is 11.6. The zero-order valence-electron chi connectivity index (χ0n) is 19.4. The van der Waals surface area contributed by atoms with E-state index in [9.17, 15) is 8.78 Å². The van der Waals surface area contributed by atoms with Crippen molar-refractivity contribution < 1.29 is 13.5 Å². The number of nitrogens with zero attached hydrogens (tertiary/aromatic N) is 1. The molecule has 1 aromatic heterocycles. The number of unbranched alkanes of at least 4 members (excludes halogenated alkanes) is 5. The highest BCUT2D eigenvalue weighted by molar-refractivity contribution is 7.59. The van der Waals surface area contributed by atoms with Gasteiger partial charge < -0.3 is 4.74 Å². The van der Waals surface area contributed by atoms with Gasteiger partial charge in [-0.15, -0.1) is 0 Å². The standard InChI is InChI=1S/C27H37F2NO.H2S/c1-2-3-4-5-6-10-13-24(28)20-31-26-19-18-25(30-27(26)29)23-16-14-22(15-17-23)21-11-8-7-9-12-21;/h14-19,21,24H,2-13,20H2,1H3;1H2. The third-order valence-corrected chi connectivity index (χ3v) is 6.39. The number of halogens is 2. The van der Waals surface area contributed by atoms with Gasteiger partial charge in [0, 0.05) is 5.56 Å². The molecule has 2 aromatic rings. The molecule has 1 fully saturated rings. The number of hydrogen-bond acceptors (Lipinski definition) is 2. The molecule has 0 amide bonds. The van der Waals surface area contributed by atoms with E-state index in [4.69, 9.17) is 4.74 Å². The quantitative estimate of drug-likeness (QED) is 0.232. The van der Waals surface area contributed by atoms with Gasteiger partial charge in [0.2, 0.25) is 0 Å². The van der Waals surface area contributed by atoms with Gasteiger partial charge in [0.05, 0.1) is 5.69 Å². The smallest absolute Gasteiger partial charge is 0.255 e. The van der Waals surface area contributed by atoms with Crippen LogP contribution in [0.1, 0.15) is 95.5 Å². The van der Waals surface area contributed by atoms with E-state index in [1.807, 2.05) is 12.1 Å². The third kappa shape index (κ3) is 8.38. The van der Waals surface area contributed by atoms with E-state index in [1.165, 1.54) is 56.9 Å². The highest BCUT2D eigenvalue weighted by Crippen LogP contribution is 2.33. The first-order chi connectivity index (χ1) is 15.2. The normalized spacial score (nSPS) is 15.2. The van der Waals surface area contributed by atoms with E-state index in [0.29, 0.717) is 18.0 Å². The van der Waals surface area contributed by atoms with Crippen molar-refractivity contribution in [3.8, 4) is 17.0 Å². The molecule has 2 nitrogen and oxygen atoms in total. The molecule has 0 saturated heterocycles. The third-order valence-electron chi connectivity index (χ3n) is 6.39. The average molecular weight is 464 g/mol. The van der Waals surface area contributed by atoms with Crippen LogP contribution in [0.4, 0.5) is 8.78 Å². The Morgan fingerprint density at radius 3 is 2.31 bits per heavy atom. The number of hydrogen-bond donors (Lipinski definition) is 0. The fraction of sp³-hybridized carbons (Fsp3) is 0.593. The van der Waals surface area contributed by atoms with Gasteiger partial charge in [-0.3, -0.25) is 0 Å². The Kier molecular flexibility index (Phi) is 12.1. The van der Waals surface area contributed by atoms with Crippen LogP contribution in [0.5, 0.6) is 5.75 Å². The predicted molar refractivity (Wildman–Crippen MR) is 134 cm³/mol. The Balaban J connectivity index is 0.00000363. The fourth-order valence-electron chi connectivity index (χ4n) is 4.46. The Labute approximate surface area is 199 Å². The lowest BCUT2D eigenvalue weighted by molar-refractivity contribution is 0.177. The Morgan fingerprint density at radius 1 is 0.938 bits per heavy atom. The van der Waals surface area contributed by atoms with Crippen LogP contribution >= 0.6 is 13.5 Å². The molecule has 1 unspecified atom stereocenters. The molecule has 0 spiro atoms. The first-order valence-electron chi connectivity index (χ1n) is 12.2. The summed E-state index contributed by atoms with van der Waals surface area (Å²) >= 11 is 0. The van der Waals surface area contributed by atoms with Crippen LogP contribution in [0.2, 0.25) is 0 Å². The van der Waals surface area contributed by atoms with Gasteiger partial charge in [0.25, 0.3) is 5.95 Å². The van der Waals surface area contributed by atoms with Crippen molar-refractivity contribution in [1.82, 2.24) is 4.98 Å². The number of aromatic nitrogens is 1. The van der Waals surface area contributed by atoms with Gasteiger partial charge in [-0.1, -0.05) is 89.0 Å². The Hall–Kier alpha value is -1.62. The molecule has 1 aromatic carbocycles. The van der Waals surface area contributed by atoms with Crippen molar-refractivity contribution in [3.63, 3.8) is 0 Å². The lowest BCUT2D eigenvalue weighted by atomic mass is 9.84. The lowest BCUT2D eigenvalue weighted by Crippen LogP contribution is -2.13. The van der Waals surface area contributed by atoms with Gasteiger partial charge in [0.1, 0.15) is 12.8 Å². The first-order valence-corrected chi connectivity index (χ1v) is 12.2. The molecule has 1 heterocycles. The summed E-state index contributed by atoms with van der Waals surface area (Å²) in [4.78, 5) is 4.05. The van der Waals surface area contributed by atoms with E-state index in [0.717, 1.165) is 24.8 Å². The predicted octanol–water partition coefficient (Wildman–Crippen LogP) is 8.52. The summed E-state index contributed by atoms with van der Waals surface area (Å²) < 4.78 is 33.9. The minimum absolute atomic E-state index is 0. The van der Waals surface area contributed by atoms with Crippen molar-refractivity contribution in [2.75, 3.05) is 6.61 Å². The SMILES string of the molecule is CCCCCCCCC(F)COc1ccc(-c2ccc(C3CCCCC3)cc2)nc1F.S. The average Bonchev–Trinajstić information content (AvgIpc) is 2.81. The second-order valence-corrected chi connectivity index (χ2v) is 8.91. The minimum atomic E-state index is -1.07. The minimum Gasteiger partial charge on any atom is -0.486 e. The Bertz CT molecular complexity index is 778. The molecular weight excluding hydrogens is 424 g/mol. The zero-order chi connectivity index (χ0) is 21.9. The molecular formula is C27H39F2NOS. The van der Waals surface area contributed by atoms with Crippen molar-refractivity contribution >= 4 is 13.5 Å². The largest absolute Gasteiger partial charge is 0.486 e. The van der Waals surface area contributed by atoms with Gasteiger partial charge in [-0.05, 0) is 42.9 Å². The number of rotatable bonds is 12. The molecule has 1 aliphatic rings. The molecule has 178 valence electrons. The van der Waals surface area contributed by atoms with Crippen LogP contribution in [0.25, 0.3) is 11.3 Å². The molecule has 5 heteroatoms. The van der Waals surface area contributed by atoms with Crippen LogP contribution in [-0.4, -0.2) is 17.8 Å². The molecule has 0 radical (unpaired) electrons. The highest BCUT2D eigenvalue weighted by atomic mass is 32.1. The number of benzene rings is 1. The Morgan fingerprint density at radius 2 is 1.62 bits per heavy atom.